The summed E-state index contributed by atoms with van der Waals surface area (Å²) in [5.74, 6) is 2.18. The first kappa shape index (κ1) is 19.2. The minimum Gasteiger partial charge on any atom is -0.494 e. The third-order valence-corrected chi connectivity index (χ3v) is 4.80. The molecule has 0 bridgehead atoms. The summed E-state index contributed by atoms with van der Waals surface area (Å²) in [4.78, 5) is 12.7. The van der Waals surface area contributed by atoms with Crippen molar-refractivity contribution < 1.29 is 19.0 Å². The van der Waals surface area contributed by atoms with E-state index in [1.165, 1.54) is 0 Å². The summed E-state index contributed by atoms with van der Waals surface area (Å²) in [6.07, 6.45) is 1.29. The number of carbonyl (C=O) groups is 1. The molecule has 3 rings (SSSR count). The fourth-order valence-electron chi connectivity index (χ4n) is 3.06. The molecule has 0 spiro atoms. The summed E-state index contributed by atoms with van der Waals surface area (Å²) >= 11 is 0. The van der Waals surface area contributed by atoms with E-state index in [9.17, 15) is 4.79 Å². The zero-order chi connectivity index (χ0) is 19.1. The lowest BCUT2D eigenvalue weighted by Gasteiger charge is -2.34. The fraction of sp³-hybridized carbons (Fsp3) is 0.381. The number of nitrogens with one attached hydrogen (secondary N) is 1. The van der Waals surface area contributed by atoms with Gasteiger partial charge < -0.3 is 25.3 Å². The standard InChI is InChI=1S/C21H26N2O4/c1-2-26-17-7-9-19(10-8-17)27-18-5-3-16(4-6-18)23-20(24)21(15-22)11-13-25-14-12-21/h3-10H,2,11-15,22H2,1H3,(H,23,24). The van der Waals surface area contributed by atoms with E-state index < -0.39 is 5.41 Å². The molecule has 2 aromatic rings. The molecule has 0 unspecified atom stereocenters. The van der Waals surface area contributed by atoms with Crippen LogP contribution in [0.4, 0.5) is 5.69 Å². The molecule has 0 aromatic heterocycles. The lowest BCUT2D eigenvalue weighted by molar-refractivity contribution is -0.130. The molecule has 1 aliphatic rings. The molecular formula is C21H26N2O4. The molecule has 27 heavy (non-hydrogen) atoms. The molecule has 1 aliphatic heterocycles. The van der Waals surface area contributed by atoms with Gasteiger partial charge in [-0.25, -0.2) is 0 Å². The second kappa shape index (κ2) is 8.88. The highest BCUT2D eigenvalue weighted by molar-refractivity contribution is 5.95. The molecule has 1 fully saturated rings. The number of amides is 1. The molecule has 1 amide bonds. The van der Waals surface area contributed by atoms with Crippen LogP contribution in [0, 0.1) is 5.41 Å². The van der Waals surface area contributed by atoms with Gasteiger partial charge in [-0.05, 0) is 68.3 Å². The fourth-order valence-corrected chi connectivity index (χ4v) is 3.06. The van der Waals surface area contributed by atoms with Crippen LogP contribution in [0.25, 0.3) is 0 Å². The van der Waals surface area contributed by atoms with Gasteiger partial charge in [0.2, 0.25) is 5.91 Å². The highest BCUT2D eigenvalue weighted by Gasteiger charge is 2.38. The lowest BCUT2D eigenvalue weighted by atomic mass is 9.79. The molecule has 144 valence electrons. The van der Waals surface area contributed by atoms with Crippen molar-refractivity contribution in [2.45, 2.75) is 19.8 Å². The maximum atomic E-state index is 12.7. The van der Waals surface area contributed by atoms with E-state index in [1.807, 2.05) is 55.5 Å². The summed E-state index contributed by atoms with van der Waals surface area (Å²) in [6, 6.07) is 14.8. The maximum absolute atomic E-state index is 12.7. The predicted octanol–water partition coefficient (Wildman–Crippen LogP) is 3.57. The van der Waals surface area contributed by atoms with Crippen LogP contribution in [0.15, 0.2) is 48.5 Å². The van der Waals surface area contributed by atoms with Crippen LogP contribution in [0.2, 0.25) is 0 Å². The Balaban J connectivity index is 1.60. The number of rotatable bonds is 7. The average molecular weight is 370 g/mol. The zero-order valence-corrected chi connectivity index (χ0v) is 15.6. The Morgan fingerprint density at radius 2 is 1.59 bits per heavy atom. The van der Waals surface area contributed by atoms with E-state index in [1.54, 1.807) is 0 Å². The van der Waals surface area contributed by atoms with Gasteiger partial charge in [-0.1, -0.05) is 0 Å². The first-order chi connectivity index (χ1) is 13.1. The number of ether oxygens (including phenoxy) is 3. The minimum absolute atomic E-state index is 0.0477. The predicted molar refractivity (Wildman–Crippen MR) is 104 cm³/mol. The van der Waals surface area contributed by atoms with Crippen molar-refractivity contribution in [1.29, 1.82) is 0 Å². The first-order valence-electron chi connectivity index (χ1n) is 9.25. The van der Waals surface area contributed by atoms with Gasteiger partial charge in [0.25, 0.3) is 0 Å². The highest BCUT2D eigenvalue weighted by Crippen LogP contribution is 2.31. The molecule has 0 atom stereocenters. The number of hydrogen-bond donors (Lipinski definition) is 2. The Kier molecular flexibility index (Phi) is 6.32. The number of carbonyl (C=O) groups excluding carboxylic acids is 1. The summed E-state index contributed by atoms with van der Waals surface area (Å²) in [5, 5.41) is 2.97. The van der Waals surface area contributed by atoms with Gasteiger partial charge in [0.1, 0.15) is 17.2 Å². The van der Waals surface area contributed by atoms with E-state index in [0.29, 0.717) is 45.0 Å². The first-order valence-corrected chi connectivity index (χ1v) is 9.25. The molecule has 6 heteroatoms. The van der Waals surface area contributed by atoms with Crippen LogP contribution in [-0.4, -0.2) is 32.3 Å². The second-order valence-corrected chi connectivity index (χ2v) is 6.58. The molecule has 0 saturated carbocycles. The normalized spacial score (nSPS) is 15.8. The van der Waals surface area contributed by atoms with Gasteiger partial charge in [-0.15, -0.1) is 0 Å². The number of hydrogen-bond acceptors (Lipinski definition) is 5. The SMILES string of the molecule is CCOc1ccc(Oc2ccc(NC(=O)C3(CN)CCOCC3)cc2)cc1. The van der Waals surface area contributed by atoms with Crippen molar-refractivity contribution in [3.05, 3.63) is 48.5 Å². The van der Waals surface area contributed by atoms with E-state index in [0.717, 1.165) is 17.2 Å². The van der Waals surface area contributed by atoms with Crippen molar-refractivity contribution in [3.8, 4) is 17.2 Å². The molecule has 0 aliphatic carbocycles. The van der Waals surface area contributed by atoms with Crippen molar-refractivity contribution >= 4 is 11.6 Å². The Hall–Kier alpha value is -2.57. The number of benzene rings is 2. The molecule has 1 heterocycles. The van der Waals surface area contributed by atoms with Gasteiger partial charge in [0, 0.05) is 25.4 Å². The van der Waals surface area contributed by atoms with Gasteiger partial charge in [0.15, 0.2) is 0 Å². The lowest BCUT2D eigenvalue weighted by Crippen LogP contribution is -2.46. The summed E-state index contributed by atoms with van der Waals surface area (Å²) in [7, 11) is 0. The average Bonchev–Trinajstić information content (AvgIpc) is 2.71. The van der Waals surface area contributed by atoms with Crippen LogP contribution in [-0.2, 0) is 9.53 Å². The summed E-state index contributed by atoms with van der Waals surface area (Å²) in [5.41, 5.74) is 6.06. The Morgan fingerprint density at radius 3 is 2.15 bits per heavy atom. The summed E-state index contributed by atoms with van der Waals surface area (Å²) < 4.78 is 16.6. The van der Waals surface area contributed by atoms with Crippen molar-refractivity contribution in [3.63, 3.8) is 0 Å². The smallest absolute Gasteiger partial charge is 0.232 e. The van der Waals surface area contributed by atoms with Gasteiger partial charge in [-0.3, -0.25) is 4.79 Å². The third-order valence-electron chi connectivity index (χ3n) is 4.80. The molecule has 0 radical (unpaired) electrons. The van der Waals surface area contributed by atoms with Gasteiger partial charge in [-0.2, -0.15) is 0 Å². The molecule has 1 saturated heterocycles. The monoisotopic (exact) mass is 370 g/mol. The van der Waals surface area contributed by atoms with E-state index >= 15 is 0 Å². The topological polar surface area (TPSA) is 82.8 Å². The summed E-state index contributed by atoms with van der Waals surface area (Å²) in [6.45, 7) is 4.04. The zero-order valence-electron chi connectivity index (χ0n) is 15.6. The van der Waals surface area contributed by atoms with Crippen LogP contribution in [0.1, 0.15) is 19.8 Å². The van der Waals surface area contributed by atoms with Crippen LogP contribution < -0.4 is 20.5 Å². The van der Waals surface area contributed by atoms with Crippen molar-refractivity contribution in [2.24, 2.45) is 11.1 Å². The Morgan fingerprint density at radius 1 is 1.04 bits per heavy atom. The van der Waals surface area contributed by atoms with Crippen LogP contribution in [0.5, 0.6) is 17.2 Å². The Labute approximate surface area is 159 Å². The maximum Gasteiger partial charge on any atom is 0.232 e. The second-order valence-electron chi connectivity index (χ2n) is 6.58. The molecule has 2 aromatic carbocycles. The Bertz CT molecular complexity index is 738. The molecule has 6 nitrogen and oxygen atoms in total. The largest absolute Gasteiger partial charge is 0.494 e. The van der Waals surface area contributed by atoms with Crippen molar-refractivity contribution in [2.75, 3.05) is 31.7 Å². The van der Waals surface area contributed by atoms with Gasteiger partial charge >= 0.3 is 0 Å². The number of anilines is 1. The van der Waals surface area contributed by atoms with Crippen LogP contribution >= 0.6 is 0 Å². The van der Waals surface area contributed by atoms with Crippen LogP contribution in [0.3, 0.4) is 0 Å². The quantitative estimate of drug-likeness (QED) is 0.778. The number of nitrogens with two attached hydrogens (primary N) is 1. The van der Waals surface area contributed by atoms with E-state index in [-0.39, 0.29) is 5.91 Å². The highest BCUT2D eigenvalue weighted by atomic mass is 16.5. The minimum atomic E-state index is -0.546. The molecular weight excluding hydrogens is 344 g/mol. The molecule has 3 N–H and O–H groups in total. The third kappa shape index (κ3) is 4.78. The van der Waals surface area contributed by atoms with E-state index in [4.69, 9.17) is 19.9 Å². The van der Waals surface area contributed by atoms with E-state index in [2.05, 4.69) is 5.32 Å². The van der Waals surface area contributed by atoms with Crippen molar-refractivity contribution in [1.82, 2.24) is 0 Å². The van der Waals surface area contributed by atoms with Gasteiger partial charge in [0.05, 0.1) is 12.0 Å².